The summed E-state index contributed by atoms with van der Waals surface area (Å²) >= 11 is 1.54. The lowest BCUT2D eigenvalue weighted by molar-refractivity contribution is -0.385. The van der Waals surface area contributed by atoms with Crippen molar-refractivity contribution in [2.24, 2.45) is 0 Å². The van der Waals surface area contributed by atoms with Crippen LogP contribution in [0.15, 0.2) is 35.7 Å². The van der Waals surface area contributed by atoms with Crippen LogP contribution < -0.4 is 5.32 Å². The predicted molar refractivity (Wildman–Crippen MR) is 79.0 cm³/mol. The highest BCUT2D eigenvalue weighted by Gasteiger charge is 2.20. The Morgan fingerprint density at radius 2 is 2.14 bits per heavy atom. The molecule has 0 fully saturated rings. The van der Waals surface area contributed by atoms with Gasteiger partial charge in [-0.2, -0.15) is 0 Å². The summed E-state index contributed by atoms with van der Waals surface area (Å²) in [6.45, 7) is 1.95. The number of thiophene rings is 1. The van der Waals surface area contributed by atoms with Crippen molar-refractivity contribution < 1.29 is 13.7 Å². The zero-order valence-corrected chi connectivity index (χ0v) is 12.1. The summed E-state index contributed by atoms with van der Waals surface area (Å²) in [7, 11) is 0. The summed E-state index contributed by atoms with van der Waals surface area (Å²) in [5.74, 6) is 0. The van der Waals surface area contributed by atoms with E-state index in [9.17, 15) is 18.9 Å². The van der Waals surface area contributed by atoms with Gasteiger partial charge in [-0.15, -0.1) is 11.3 Å². The third kappa shape index (κ3) is 3.55. The number of rotatable bonds is 6. The van der Waals surface area contributed by atoms with Gasteiger partial charge in [0.05, 0.1) is 11.0 Å². The van der Waals surface area contributed by atoms with Gasteiger partial charge in [-0.3, -0.25) is 10.1 Å². The fraction of sp³-hybridized carbons (Fsp3) is 0.286. The van der Waals surface area contributed by atoms with Crippen molar-refractivity contribution in [3.05, 3.63) is 56.3 Å². The van der Waals surface area contributed by atoms with Crippen molar-refractivity contribution >= 4 is 22.7 Å². The first-order chi connectivity index (χ1) is 10.0. The summed E-state index contributed by atoms with van der Waals surface area (Å²) < 4.78 is 26.2. The van der Waals surface area contributed by atoms with Gasteiger partial charge in [-0.1, -0.05) is 13.0 Å². The lowest BCUT2D eigenvalue weighted by Crippen LogP contribution is -2.10. The van der Waals surface area contributed by atoms with E-state index in [1.54, 1.807) is 0 Å². The molecule has 0 saturated carbocycles. The average molecular weight is 312 g/mol. The molecule has 2 rings (SSSR count). The van der Waals surface area contributed by atoms with Crippen molar-refractivity contribution in [3.63, 3.8) is 0 Å². The van der Waals surface area contributed by atoms with Crippen LogP contribution in [-0.4, -0.2) is 4.92 Å². The zero-order valence-electron chi connectivity index (χ0n) is 11.3. The number of non-ortho nitro benzene ring substituents is 1. The number of halogens is 2. The van der Waals surface area contributed by atoms with Crippen LogP contribution in [0, 0.1) is 10.1 Å². The molecular weight excluding hydrogens is 298 g/mol. The van der Waals surface area contributed by atoms with Crippen LogP contribution in [0.3, 0.4) is 0 Å². The maximum atomic E-state index is 13.1. The van der Waals surface area contributed by atoms with Gasteiger partial charge in [0, 0.05) is 28.3 Å². The molecule has 1 heterocycles. The van der Waals surface area contributed by atoms with Gasteiger partial charge in [-0.25, -0.2) is 8.78 Å². The highest BCUT2D eigenvalue weighted by molar-refractivity contribution is 7.10. The molecule has 1 aromatic carbocycles. The first-order valence-electron chi connectivity index (χ1n) is 6.39. The SMILES string of the molecule is CCC(Nc1ccc([N+](=O)[O-])cc1C(F)F)c1cccs1. The number of hydrogen-bond acceptors (Lipinski definition) is 4. The molecule has 4 nitrogen and oxygen atoms in total. The highest BCUT2D eigenvalue weighted by atomic mass is 32.1. The van der Waals surface area contributed by atoms with Crippen molar-refractivity contribution in [1.29, 1.82) is 0 Å². The van der Waals surface area contributed by atoms with Crippen molar-refractivity contribution in [3.8, 4) is 0 Å². The number of nitrogens with one attached hydrogen (secondary N) is 1. The molecule has 0 saturated heterocycles. The molecular formula is C14H14F2N2O2S. The van der Waals surface area contributed by atoms with Gasteiger partial charge in [0.2, 0.25) is 0 Å². The van der Waals surface area contributed by atoms with Crippen LogP contribution in [0.1, 0.15) is 36.3 Å². The minimum absolute atomic E-state index is 0.0936. The van der Waals surface area contributed by atoms with Crippen LogP contribution in [0.25, 0.3) is 0 Å². The standard InChI is InChI=1S/C14H14F2N2O2S/c1-2-11(13-4-3-7-21-13)17-12-6-5-9(18(19)20)8-10(12)14(15)16/h3-8,11,14,17H,2H2,1H3. The predicted octanol–water partition coefficient (Wildman–Crippen LogP) is 5.16. The van der Waals surface area contributed by atoms with Gasteiger partial charge in [-0.05, 0) is 23.9 Å². The molecule has 0 spiro atoms. The molecule has 0 radical (unpaired) electrons. The number of alkyl halides is 2. The van der Waals surface area contributed by atoms with E-state index in [4.69, 9.17) is 0 Å². The first-order valence-corrected chi connectivity index (χ1v) is 7.27. The number of nitrogens with zero attached hydrogens (tertiary/aromatic N) is 1. The molecule has 0 bridgehead atoms. The largest absolute Gasteiger partial charge is 0.377 e. The normalized spacial score (nSPS) is 12.4. The quantitative estimate of drug-likeness (QED) is 0.592. The summed E-state index contributed by atoms with van der Waals surface area (Å²) in [6.07, 6.45) is -2.05. The van der Waals surface area contributed by atoms with E-state index in [2.05, 4.69) is 5.32 Å². The number of hydrogen-bond donors (Lipinski definition) is 1. The van der Waals surface area contributed by atoms with Crippen molar-refractivity contribution in [1.82, 2.24) is 0 Å². The van der Waals surface area contributed by atoms with E-state index in [-0.39, 0.29) is 23.0 Å². The summed E-state index contributed by atoms with van der Waals surface area (Å²) in [5.41, 5.74) is -0.449. The Hall–Kier alpha value is -2.02. The smallest absolute Gasteiger partial charge is 0.270 e. The summed E-state index contributed by atoms with van der Waals surface area (Å²) in [4.78, 5) is 11.1. The second-order valence-electron chi connectivity index (χ2n) is 4.45. The summed E-state index contributed by atoms with van der Waals surface area (Å²) in [5, 5.41) is 15.7. The molecule has 1 N–H and O–H groups in total. The maximum Gasteiger partial charge on any atom is 0.270 e. The summed E-state index contributed by atoms with van der Waals surface area (Å²) in [6, 6.07) is 7.23. The van der Waals surface area contributed by atoms with E-state index < -0.39 is 11.3 Å². The van der Waals surface area contributed by atoms with E-state index in [1.165, 1.54) is 23.5 Å². The number of nitro benzene ring substituents is 1. The molecule has 0 aliphatic rings. The maximum absolute atomic E-state index is 13.1. The Kier molecular flexibility index (Phi) is 4.85. The average Bonchev–Trinajstić information content (AvgIpc) is 2.98. The van der Waals surface area contributed by atoms with Gasteiger partial charge >= 0.3 is 0 Å². The molecule has 7 heteroatoms. The Morgan fingerprint density at radius 3 is 2.67 bits per heavy atom. The van der Waals surface area contributed by atoms with E-state index in [1.807, 2.05) is 24.4 Å². The van der Waals surface area contributed by atoms with E-state index in [0.29, 0.717) is 0 Å². The third-order valence-corrected chi connectivity index (χ3v) is 4.09. The molecule has 2 aromatic rings. The number of benzene rings is 1. The Labute approximate surface area is 124 Å². The number of nitro groups is 1. The number of anilines is 1. The lowest BCUT2D eigenvalue weighted by atomic mass is 10.1. The van der Waals surface area contributed by atoms with Crippen LogP contribution in [0.2, 0.25) is 0 Å². The molecule has 0 amide bonds. The van der Waals surface area contributed by atoms with Gasteiger partial charge in [0.15, 0.2) is 0 Å². The van der Waals surface area contributed by atoms with Gasteiger partial charge in [0.25, 0.3) is 12.1 Å². The Bertz CT molecular complexity index is 617. The van der Waals surface area contributed by atoms with Crippen molar-refractivity contribution in [2.45, 2.75) is 25.8 Å². The molecule has 21 heavy (non-hydrogen) atoms. The fourth-order valence-corrected chi connectivity index (χ4v) is 2.89. The van der Waals surface area contributed by atoms with E-state index >= 15 is 0 Å². The Balaban J connectivity index is 2.32. The molecule has 1 unspecified atom stereocenters. The molecule has 0 aliphatic heterocycles. The van der Waals surface area contributed by atoms with Crippen molar-refractivity contribution in [2.75, 3.05) is 5.32 Å². The Morgan fingerprint density at radius 1 is 1.38 bits per heavy atom. The van der Waals surface area contributed by atoms with Crippen LogP contribution in [0.4, 0.5) is 20.2 Å². The third-order valence-electron chi connectivity index (χ3n) is 3.11. The van der Waals surface area contributed by atoms with Gasteiger partial charge < -0.3 is 5.32 Å². The highest BCUT2D eigenvalue weighted by Crippen LogP contribution is 2.34. The molecule has 1 atom stereocenters. The lowest BCUT2D eigenvalue weighted by Gasteiger charge is -2.19. The molecule has 0 aliphatic carbocycles. The van der Waals surface area contributed by atoms with Crippen LogP contribution in [0.5, 0.6) is 0 Å². The second-order valence-corrected chi connectivity index (χ2v) is 5.43. The first kappa shape index (κ1) is 15.4. The van der Waals surface area contributed by atoms with Gasteiger partial charge in [0.1, 0.15) is 0 Å². The van der Waals surface area contributed by atoms with Crippen LogP contribution in [-0.2, 0) is 0 Å². The fourth-order valence-electron chi connectivity index (χ4n) is 2.03. The second kappa shape index (κ2) is 6.62. The minimum Gasteiger partial charge on any atom is -0.377 e. The zero-order chi connectivity index (χ0) is 15.4. The monoisotopic (exact) mass is 312 g/mol. The minimum atomic E-state index is -2.77. The van der Waals surface area contributed by atoms with Crippen LogP contribution >= 0.6 is 11.3 Å². The van der Waals surface area contributed by atoms with E-state index in [0.717, 1.165) is 17.4 Å². The molecule has 112 valence electrons. The molecule has 1 aromatic heterocycles. The topological polar surface area (TPSA) is 55.2 Å².